The first-order valence-electron chi connectivity index (χ1n) is 12.2. The maximum Gasteiger partial charge on any atom is 0.407 e. The van der Waals surface area contributed by atoms with Gasteiger partial charge in [0.1, 0.15) is 12.6 Å². The molecule has 35 heavy (non-hydrogen) atoms. The van der Waals surface area contributed by atoms with Crippen LogP contribution in [0.2, 0.25) is 0 Å². The molecular weight excluding hydrogens is 448 g/mol. The molecule has 8 heteroatoms. The number of amides is 2. The number of benzene rings is 2. The van der Waals surface area contributed by atoms with Crippen LogP contribution >= 0.6 is 0 Å². The molecule has 0 saturated heterocycles. The summed E-state index contributed by atoms with van der Waals surface area (Å²) in [5.41, 5.74) is 3.63. The average Bonchev–Trinajstić information content (AvgIpc) is 3.19. The maximum absolute atomic E-state index is 13.0. The van der Waals surface area contributed by atoms with E-state index < -0.39 is 29.6 Å². The predicted molar refractivity (Wildman–Crippen MR) is 130 cm³/mol. The number of rotatable bonds is 9. The fraction of sp³-hybridized carbons (Fsp3) is 0.444. The van der Waals surface area contributed by atoms with Crippen LogP contribution in [0.4, 0.5) is 4.79 Å². The summed E-state index contributed by atoms with van der Waals surface area (Å²) >= 11 is 0. The number of hydrogen-bond acceptors (Lipinski definition) is 5. The Morgan fingerprint density at radius 1 is 0.971 bits per heavy atom. The molecule has 0 bridgehead atoms. The Balaban J connectivity index is 1.42. The summed E-state index contributed by atoms with van der Waals surface area (Å²) in [7, 11) is 0. The first-order chi connectivity index (χ1) is 16.9. The zero-order chi connectivity index (χ0) is 24.8. The SMILES string of the molecule is O=C(O)CCC(NC(=O)OCC1c2ccccc2-c2ccccc21)C(=O)NC1(CO)CCCCC1. The highest BCUT2D eigenvalue weighted by Crippen LogP contribution is 2.44. The third-order valence-electron chi connectivity index (χ3n) is 7.10. The van der Waals surface area contributed by atoms with Crippen LogP contribution in [0.15, 0.2) is 48.5 Å². The summed E-state index contributed by atoms with van der Waals surface area (Å²) in [6.07, 6.45) is 2.97. The number of hydrogen-bond donors (Lipinski definition) is 4. The molecule has 1 fully saturated rings. The quantitative estimate of drug-likeness (QED) is 0.435. The molecule has 1 unspecified atom stereocenters. The van der Waals surface area contributed by atoms with E-state index in [0.717, 1.165) is 41.5 Å². The summed E-state index contributed by atoms with van der Waals surface area (Å²) in [6, 6.07) is 14.9. The van der Waals surface area contributed by atoms with E-state index in [4.69, 9.17) is 9.84 Å². The van der Waals surface area contributed by atoms with Crippen LogP contribution in [0.1, 0.15) is 62.0 Å². The van der Waals surface area contributed by atoms with Gasteiger partial charge in [-0.1, -0.05) is 67.8 Å². The largest absolute Gasteiger partial charge is 0.481 e. The highest BCUT2D eigenvalue weighted by Gasteiger charge is 2.36. The number of carboxylic acids is 1. The zero-order valence-corrected chi connectivity index (χ0v) is 19.7. The van der Waals surface area contributed by atoms with Crippen molar-refractivity contribution in [2.45, 2.75) is 62.4 Å². The van der Waals surface area contributed by atoms with Crippen molar-refractivity contribution in [1.82, 2.24) is 10.6 Å². The molecule has 0 spiro atoms. The Morgan fingerprint density at radius 3 is 2.14 bits per heavy atom. The highest BCUT2D eigenvalue weighted by molar-refractivity contribution is 5.87. The summed E-state index contributed by atoms with van der Waals surface area (Å²) in [5.74, 6) is -1.69. The predicted octanol–water partition coefficient (Wildman–Crippen LogP) is 3.57. The molecule has 0 aromatic heterocycles. The monoisotopic (exact) mass is 480 g/mol. The zero-order valence-electron chi connectivity index (χ0n) is 19.7. The van der Waals surface area contributed by atoms with Crippen LogP contribution in [0.5, 0.6) is 0 Å². The molecule has 186 valence electrons. The number of carbonyl (C=O) groups is 3. The van der Waals surface area contributed by atoms with E-state index in [2.05, 4.69) is 10.6 Å². The molecule has 0 aliphatic heterocycles. The van der Waals surface area contributed by atoms with Crippen molar-refractivity contribution >= 4 is 18.0 Å². The highest BCUT2D eigenvalue weighted by atomic mass is 16.5. The number of ether oxygens (including phenoxy) is 1. The standard InChI is InChI=1S/C27H32N2O6/c30-17-27(14-6-1-7-15-27)29-25(33)23(12-13-24(31)32)28-26(34)35-16-22-20-10-4-2-8-18(20)19-9-3-5-11-21(19)22/h2-5,8-11,22-23,30H,1,6-7,12-17H2,(H,28,34)(H,29,33)(H,31,32). The van der Waals surface area contributed by atoms with Crippen LogP contribution in [0.3, 0.4) is 0 Å². The fourth-order valence-corrected chi connectivity index (χ4v) is 5.22. The van der Waals surface area contributed by atoms with Crippen molar-refractivity contribution in [2.24, 2.45) is 0 Å². The Bertz CT molecular complexity index is 1030. The van der Waals surface area contributed by atoms with Crippen LogP contribution in [0.25, 0.3) is 11.1 Å². The van der Waals surface area contributed by atoms with Gasteiger partial charge in [-0.05, 0) is 41.5 Å². The number of carboxylic acid groups (broad SMARTS) is 1. The normalized spacial score (nSPS) is 17.1. The Morgan fingerprint density at radius 2 is 1.57 bits per heavy atom. The van der Waals surface area contributed by atoms with Crippen LogP contribution in [-0.2, 0) is 14.3 Å². The number of fused-ring (bicyclic) bond motifs is 3. The molecule has 0 heterocycles. The second-order valence-corrected chi connectivity index (χ2v) is 9.44. The Hall–Kier alpha value is -3.39. The van der Waals surface area contributed by atoms with Gasteiger partial charge in [0.2, 0.25) is 5.91 Å². The molecule has 2 aliphatic rings. The lowest BCUT2D eigenvalue weighted by Crippen LogP contribution is -2.58. The lowest BCUT2D eigenvalue weighted by Gasteiger charge is -2.37. The Labute approximate surface area is 204 Å². The van der Waals surface area contributed by atoms with Crippen molar-refractivity contribution in [3.8, 4) is 11.1 Å². The molecule has 2 aromatic rings. The summed E-state index contributed by atoms with van der Waals surface area (Å²) in [5, 5.41) is 24.5. The lowest BCUT2D eigenvalue weighted by atomic mass is 9.82. The average molecular weight is 481 g/mol. The minimum absolute atomic E-state index is 0.0765. The van der Waals surface area contributed by atoms with Crippen molar-refractivity contribution in [2.75, 3.05) is 13.2 Å². The van der Waals surface area contributed by atoms with Crippen LogP contribution < -0.4 is 10.6 Å². The minimum atomic E-state index is -1.08. The second-order valence-electron chi connectivity index (χ2n) is 9.44. The van der Waals surface area contributed by atoms with E-state index >= 15 is 0 Å². The van der Waals surface area contributed by atoms with Gasteiger partial charge in [-0.3, -0.25) is 9.59 Å². The topological polar surface area (TPSA) is 125 Å². The van der Waals surface area contributed by atoms with Crippen LogP contribution in [-0.4, -0.2) is 53.0 Å². The number of carbonyl (C=O) groups excluding carboxylic acids is 2. The lowest BCUT2D eigenvalue weighted by molar-refractivity contribution is -0.137. The number of aliphatic carboxylic acids is 1. The smallest absolute Gasteiger partial charge is 0.407 e. The molecule has 1 atom stereocenters. The maximum atomic E-state index is 13.0. The molecule has 2 aromatic carbocycles. The molecule has 2 amide bonds. The van der Waals surface area contributed by atoms with Gasteiger partial charge < -0.3 is 25.6 Å². The van der Waals surface area contributed by atoms with Crippen molar-refractivity contribution in [3.05, 3.63) is 59.7 Å². The molecular formula is C27H32N2O6. The van der Waals surface area contributed by atoms with Gasteiger partial charge in [-0.2, -0.15) is 0 Å². The van der Waals surface area contributed by atoms with E-state index in [-0.39, 0.29) is 32.0 Å². The molecule has 4 rings (SSSR count). The first-order valence-corrected chi connectivity index (χ1v) is 12.2. The number of aliphatic hydroxyl groups excluding tert-OH is 1. The van der Waals surface area contributed by atoms with E-state index in [1.165, 1.54) is 0 Å². The number of alkyl carbamates (subject to hydrolysis) is 1. The van der Waals surface area contributed by atoms with Crippen molar-refractivity contribution < 1.29 is 29.3 Å². The van der Waals surface area contributed by atoms with Gasteiger partial charge in [-0.25, -0.2) is 4.79 Å². The molecule has 8 nitrogen and oxygen atoms in total. The van der Waals surface area contributed by atoms with Gasteiger partial charge in [-0.15, -0.1) is 0 Å². The van der Waals surface area contributed by atoms with E-state index in [1.807, 2.05) is 48.5 Å². The van der Waals surface area contributed by atoms with E-state index in [1.54, 1.807) is 0 Å². The van der Waals surface area contributed by atoms with Crippen LogP contribution in [0, 0.1) is 0 Å². The summed E-state index contributed by atoms with van der Waals surface area (Å²) in [4.78, 5) is 36.9. The van der Waals surface area contributed by atoms with E-state index in [9.17, 15) is 19.5 Å². The van der Waals surface area contributed by atoms with Gasteiger partial charge in [0.25, 0.3) is 0 Å². The second kappa shape index (κ2) is 10.9. The van der Waals surface area contributed by atoms with Gasteiger partial charge >= 0.3 is 12.1 Å². The molecule has 1 saturated carbocycles. The molecule has 2 aliphatic carbocycles. The van der Waals surface area contributed by atoms with Gasteiger partial charge in [0.15, 0.2) is 0 Å². The van der Waals surface area contributed by atoms with Gasteiger partial charge in [0.05, 0.1) is 12.1 Å². The molecule has 0 radical (unpaired) electrons. The number of nitrogens with one attached hydrogen (secondary N) is 2. The number of aliphatic hydroxyl groups is 1. The molecule has 4 N–H and O–H groups in total. The fourth-order valence-electron chi connectivity index (χ4n) is 5.22. The minimum Gasteiger partial charge on any atom is -0.481 e. The van der Waals surface area contributed by atoms with E-state index in [0.29, 0.717) is 12.8 Å². The summed E-state index contributed by atoms with van der Waals surface area (Å²) in [6.45, 7) is -0.108. The first kappa shape index (κ1) is 24.7. The van der Waals surface area contributed by atoms with Gasteiger partial charge in [0, 0.05) is 12.3 Å². The third-order valence-corrected chi connectivity index (χ3v) is 7.10. The Kier molecular flexibility index (Phi) is 7.70. The summed E-state index contributed by atoms with van der Waals surface area (Å²) < 4.78 is 5.54. The van der Waals surface area contributed by atoms with Crippen molar-refractivity contribution in [1.29, 1.82) is 0 Å². The third kappa shape index (κ3) is 5.65. The van der Waals surface area contributed by atoms with Crippen molar-refractivity contribution in [3.63, 3.8) is 0 Å².